The summed E-state index contributed by atoms with van der Waals surface area (Å²) in [5, 5.41) is 0.919. The van der Waals surface area contributed by atoms with E-state index in [-0.39, 0.29) is 0 Å². The largest absolute Gasteiger partial charge is 0.497 e. The van der Waals surface area contributed by atoms with Crippen LogP contribution >= 0.6 is 23.2 Å². The highest BCUT2D eigenvalue weighted by Gasteiger charge is 2.12. The Morgan fingerprint density at radius 2 is 2.00 bits per heavy atom. The van der Waals surface area contributed by atoms with Crippen LogP contribution in [0.2, 0.25) is 10.0 Å². The van der Waals surface area contributed by atoms with Crippen molar-refractivity contribution in [2.75, 3.05) is 12.8 Å². The van der Waals surface area contributed by atoms with Gasteiger partial charge >= 0.3 is 0 Å². The van der Waals surface area contributed by atoms with Gasteiger partial charge in [-0.05, 0) is 24.3 Å². The predicted molar refractivity (Wildman–Crippen MR) is 82.5 cm³/mol. The van der Waals surface area contributed by atoms with Gasteiger partial charge in [-0.3, -0.25) is 0 Å². The van der Waals surface area contributed by atoms with E-state index in [0.717, 1.165) is 16.8 Å². The molecule has 0 atom stereocenters. The topological polar surface area (TPSA) is 63.9 Å². The number of nitrogens with one attached hydrogen (secondary N) is 1. The minimum atomic E-state index is 0.408. The lowest BCUT2D eigenvalue weighted by Gasteiger charge is -2.05. The fourth-order valence-corrected chi connectivity index (χ4v) is 2.52. The van der Waals surface area contributed by atoms with Crippen molar-refractivity contribution in [3.8, 4) is 17.1 Å². The number of benzene rings is 2. The van der Waals surface area contributed by atoms with Crippen LogP contribution in [0.5, 0.6) is 5.75 Å². The maximum atomic E-state index is 6.04. The minimum Gasteiger partial charge on any atom is -0.497 e. The number of nitrogen functional groups attached to an aromatic ring is 1. The molecule has 0 saturated carbocycles. The summed E-state index contributed by atoms with van der Waals surface area (Å²) >= 11 is 12.1. The zero-order valence-electron chi connectivity index (χ0n) is 10.6. The van der Waals surface area contributed by atoms with E-state index >= 15 is 0 Å². The Hall–Kier alpha value is -1.91. The van der Waals surface area contributed by atoms with Crippen LogP contribution in [0, 0.1) is 0 Å². The molecule has 0 aliphatic rings. The van der Waals surface area contributed by atoms with Crippen LogP contribution < -0.4 is 10.5 Å². The molecule has 0 fully saturated rings. The maximum Gasteiger partial charge on any atom is 0.140 e. The Morgan fingerprint density at radius 3 is 2.75 bits per heavy atom. The molecular formula is C14H11Cl2N3O. The lowest BCUT2D eigenvalue weighted by molar-refractivity contribution is 0.415. The van der Waals surface area contributed by atoms with Crippen molar-refractivity contribution in [3.05, 3.63) is 40.4 Å². The average molecular weight is 308 g/mol. The smallest absolute Gasteiger partial charge is 0.140 e. The molecule has 0 saturated heterocycles. The highest BCUT2D eigenvalue weighted by atomic mass is 35.5. The van der Waals surface area contributed by atoms with Crippen molar-refractivity contribution in [1.82, 2.24) is 9.97 Å². The molecule has 3 aromatic rings. The van der Waals surface area contributed by atoms with Crippen LogP contribution in [0.25, 0.3) is 22.4 Å². The molecule has 0 aliphatic heterocycles. The van der Waals surface area contributed by atoms with Gasteiger partial charge in [0.15, 0.2) is 0 Å². The number of ether oxygens (including phenoxy) is 1. The Bertz CT molecular complexity index is 798. The third kappa shape index (κ3) is 2.17. The van der Waals surface area contributed by atoms with Crippen molar-refractivity contribution in [2.45, 2.75) is 0 Å². The number of hydrogen-bond donors (Lipinski definition) is 2. The van der Waals surface area contributed by atoms with Crippen molar-refractivity contribution < 1.29 is 4.74 Å². The highest BCUT2D eigenvalue weighted by molar-refractivity contribution is 6.37. The number of fused-ring (bicyclic) bond motifs is 1. The van der Waals surface area contributed by atoms with Crippen LogP contribution in [-0.4, -0.2) is 17.1 Å². The number of nitrogens with two attached hydrogens (primary N) is 1. The first-order valence-electron chi connectivity index (χ1n) is 5.87. The summed E-state index contributed by atoms with van der Waals surface area (Å²) in [7, 11) is 1.62. The Balaban J connectivity index is 2.20. The number of halogens is 2. The molecule has 6 heteroatoms. The fraction of sp³-hybridized carbons (Fsp3) is 0.0714. The summed E-state index contributed by atoms with van der Waals surface area (Å²) in [6.07, 6.45) is 0. The van der Waals surface area contributed by atoms with Gasteiger partial charge in [-0.2, -0.15) is 0 Å². The second kappa shape index (κ2) is 4.89. The monoisotopic (exact) mass is 307 g/mol. The molecule has 0 spiro atoms. The fourth-order valence-electron chi connectivity index (χ4n) is 2.02. The third-order valence-corrected chi connectivity index (χ3v) is 3.57. The van der Waals surface area contributed by atoms with Crippen molar-refractivity contribution in [3.63, 3.8) is 0 Å². The number of H-pyrrole nitrogens is 1. The van der Waals surface area contributed by atoms with Gasteiger partial charge in [0.2, 0.25) is 0 Å². The molecule has 0 unspecified atom stereocenters. The van der Waals surface area contributed by atoms with E-state index in [9.17, 15) is 0 Å². The molecule has 3 N–H and O–H groups in total. The average Bonchev–Trinajstić information content (AvgIpc) is 2.85. The van der Waals surface area contributed by atoms with Crippen molar-refractivity contribution in [2.24, 2.45) is 0 Å². The van der Waals surface area contributed by atoms with Crippen LogP contribution in [0.1, 0.15) is 0 Å². The number of methoxy groups -OCH3 is 1. The Kier molecular flexibility index (Phi) is 3.20. The molecule has 20 heavy (non-hydrogen) atoms. The first-order valence-corrected chi connectivity index (χ1v) is 6.62. The van der Waals surface area contributed by atoms with E-state index in [2.05, 4.69) is 9.97 Å². The molecular weight excluding hydrogens is 297 g/mol. The first kappa shape index (κ1) is 13.1. The zero-order chi connectivity index (χ0) is 14.3. The summed E-state index contributed by atoms with van der Waals surface area (Å²) in [6.45, 7) is 0. The van der Waals surface area contributed by atoms with E-state index in [1.54, 1.807) is 19.2 Å². The van der Waals surface area contributed by atoms with Gasteiger partial charge in [0.25, 0.3) is 0 Å². The molecule has 4 nitrogen and oxygen atoms in total. The van der Waals surface area contributed by atoms with Crippen LogP contribution in [-0.2, 0) is 0 Å². The zero-order valence-corrected chi connectivity index (χ0v) is 12.1. The van der Waals surface area contributed by atoms with Crippen LogP contribution in [0.15, 0.2) is 30.3 Å². The summed E-state index contributed by atoms with van der Waals surface area (Å²) in [6, 6.07) is 8.93. The lowest BCUT2D eigenvalue weighted by Crippen LogP contribution is -1.92. The SMILES string of the molecule is COc1ccc2nc(-c3cc(Cl)cc(Cl)c3N)[nH]c2c1. The van der Waals surface area contributed by atoms with E-state index in [0.29, 0.717) is 27.1 Å². The maximum absolute atomic E-state index is 6.04. The summed E-state index contributed by atoms with van der Waals surface area (Å²) in [5.74, 6) is 1.37. The number of rotatable bonds is 2. The number of anilines is 1. The Labute approximate surface area is 125 Å². The van der Waals surface area contributed by atoms with Gasteiger partial charge in [-0.1, -0.05) is 23.2 Å². The Morgan fingerprint density at radius 1 is 1.20 bits per heavy atom. The van der Waals surface area contributed by atoms with Crippen molar-refractivity contribution in [1.29, 1.82) is 0 Å². The van der Waals surface area contributed by atoms with E-state index < -0.39 is 0 Å². The molecule has 0 bridgehead atoms. The normalized spacial score (nSPS) is 10.9. The van der Waals surface area contributed by atoms with Crippen molar-refractivity contribution >= 4 is 39.9 Å². The lowest BCUT2D eigenvalue weighted by atomic mass is 10.1. The molecule has 0 radical (unpaired) electrons. The van der Waals surface area contributed by atoms with E-state index in [1.165, 1.54) is 0 Å². The summed E-state index contributed by atoms with van der Waals surface area (Å²) in [4.78, 5) is 7.69. The first-order chi connectivity index (χ1) is 9.58. The minimum absolute atomic E-state index is 0.408. The predicted octanol–water partition coefficient (Wildman–Crippen LogP) is 4.13. The van der Waals surface area contributed by atoms with Gasteiger partial charge in [-0.15, -0.1) is 0 Å². The van der Waals surface area contributed by atoms with Gasteiger partial charge in [0, 0.05) is 16.7 Å². The molecule has 3 rings (SSSR count). The number of aromatic amines is 1. The number of nitrogens with zero attached hydrogens (tertiary/aromatic N) is 1. The second-order valence-corrected chi connectivity index (χ2v) is 5.16. The standard InChI is InChI=1S/C14H11Cl2N3O/c1-20-8-2-3-11-12(6-8)19-14(18-11)9-4-7(15)5-10(16)13(9)17/h2-6H,17H2,1H3,(H,18,19). The van der Waals surface area contributed by atoms with Gasteiger partial charge in [-0.25, -0.2) is 4.98 Å². The molecule has 1 heterocycles. The molecule has 2 aromatic carbocycles. The molecule has 0 aliphatic carbocycles. The van der Waals surface area contributed by atoms with Crippen LogP contribution in [0.3, 0.4) is 0 Å². The molecule has 102 valence electrons. The molecule has 1 aromatic heterocycles. The van der Waals surface area contributed by atoms with Gasteiger partial charge in [0.1, 0.15) is 11.6 Å². The van der Waals surface area contributed by atoms with Gasteiger partial charge < -0.3 is 15.5 Å². The molecule has 0 amide bonds. The quantitative estimate of drug-likeness (QED) is 0.700. The highest BCUT2D eigenvalue weighted by Crippen LogP contribution is 2.34. The number of hydrogen-bond acceptors (Lipinski definition) is 3. The number of aromatic nitrogens is 2. The van der Waals surface area contributed by atoms with E-state index in [4.69, 9.17) is 33.7 Å². The van der Waals surface area contributed by atoms with Crippen LogP contribution in [0.4, 0.5) is 5.69 Å². The summed E-state index contributed by atoms with van der Waals surface area (Å²) < 4.78 is 5.18. The van der Waals surface area contributed by atoms with E-state index in [1.807, 2.05) is 18.2 Å². The van der Waals surface area contributed by atoms with Gasteiger partial charge in [0.05, 0.1) is 28.9 Å². The second-order valence-electron chi connectivity index (χ2n) is 4.32. The third-order valence-electron chi connectivity index (χ3n) is 3.04. The number of imidazole rings is 1. The summed E-state index contributed by atoms with van der Waals surface area (Å²) in [5.41, 5.74) is 8.78.